The summed E-state index contributed by atoms with van der Waals surface area (Å²) in [6, 6.07) is 12.0. The van der Waals surface area contributed by atoms with Gasteiger partial charge in [0.25, 0.3) is 0 Å². The zero-order valence-electron chi connectivity index (χ0n) is 9.00. The van der Waals surface area contributed by atoms with Gasteiger partial charge in [-0.15, -0.1) is 0 Å². The van der Waals surface area contributed by atoms with E-state index >= 15 is 0 Å². The monoisotopic (exact) mass is 493 g/mol. The normalized spacial score (nSPS) is 11.1. The maximum Gasteiger partial charge on any atom is 0.0795 e. The Bertz CT molecular complexity index is 594. The van der Waals surface area contributed by atoms with Gasteiger partial charge in [0.15, 0.2) is 0 Å². The highest BCUT2D eigenvalue weighted by atomic mass is 79.9. The molecule has 92 valence electrons. The fraction of sp³-hybridized carbons (Fsp3) is 0. The van der Waals surface area contributed by atoms with E-state index in [1.807, 2.05) is 42.6 Å². The molecule has 2 aromatic carbocycles. The van der Waals surface area contributed by atoms with E-state index in [9.17, 15) is 0 Å². The molecule has 0 atom stereocenters. The SMILES string of the molecule is Brc1cc(N=Cc2ccccc2)c(Br)c(Br)c1Br. The third-order valence-electron chi connectivity index (χ3n) is 2.24. The minimum absolute atomic E-state index is 0.862. The van der Waals surface area contributed by atoms with Crippen LogP contribution in [0.15, 0.2) is 59.3 Å². The van der Waals surface area contributed by atoms with Crippen LogP contribution < -0.4 is 0 Å². The lowest BCUT2D eigenvalue weighted by atomic mass is 10.2. The molecule has 0 aliphatic heterocycles. The van der Waals surface area contributed by atoms with Crippen molar-refractivity contribution in [2.24, 2.45) is 4.99 Å². The van der Waals surface area contributed by atoms with Crippen molar-refractivity contribution >= 4 is 75.6 Å². The molecule has 2 aromatic rings. The third-order valence-corrected chi connectivity index (χ3v) is 6.88. The molecule has 1 nitrogen and oxygen atoms in total. The average Bonchev–Trinajstić information content (AvgIpc) is 2.40. The van der Waals surface area contributed by atoms with Gasteiger partial charge in [-0.25, -0.2) is 0 Å². The van der Waals surface area contributed by atoms with Crippen LogP contribution in [0, 0.1) is 0 Å². The van der Waals surface area contributed by atoms with Crippen molar-refractivity contribution in [3.63, 3.8) is 0 Å². The first-order valence-electron chi connectivity index (χ1n) is 5.01. The highest BCUT2D eigenvalue weighted by Gasteiger charge is 2.10. The largest absolute Gasteiger partial charge is 0.255 e. The Kier molecular flexibility index (Phi) is 5.18. The first kappa shape index (κ1) is 14.4. The van der Waals surface area contributed by atoms with Gasteiger partial charge in [0.2, 0.25) is 0 Å². The van der Waals surface area contributed by atoms with Crippen molar-refractivity contribution in [2.45, 2.75) is 0 Å². The van der Waals surface area contributed by atoms with Crippen molar-refractivity contribution < 1.29 is 0 Å². The molecule has 0 saturated carbocycles. The van der Waals surface area contributed by atoms with Gasteiger partial charge in [-0.3, -0.25) is 4.99 Å². The summed E-state index contributed by atoms with van der Waals surface area (Å²) in [6.45, 7) is 0. The van der Waals surface area contributed by atoms with Crippen LogP contribution in [0.2, 0.25) is 0 Å². The smallest absolute Gasteiger partial charge is 0.0795 e. The average molecular weight is 497 g/mol. The summed E-state index contributed by atoms with van der Waals surface area (Å²) < 4.78 is 3.78. The van der Waals surface area contributed by atoms with Crippen molar-refractivity contribution in [1.82, 2.24) is 0 Å². The minimum atomic E-state index is 0.862. The molecular formula is C13H7Br4N. The molecule has 0 radical (unpaired) electrons. The molecule has 0 aliphatic rings. The molecule has 2 rings (SSSR count). The maximum atomic E-state index is 4.49. The first-order chi connectivity index (χ1) is 8.59. The molecule has 0 spiro atoms. The third kappa shape index (κ3) is 3.32. The van der Waals surface area contributed by atoms with Crippen LogP contribution in [0.5, 0.6) is 0 Å². The Hall–Kier alpha value is 0.0300. The zero-order valence-corrected chi connectivity index (χ0v) is 15.3. The Labute approximate surface area is 139 Å². The number of hydrogen-bond acceptors (Lipinski definition) is 1. The van der Waals surface area contributed by atoms with E-state index in [1.54, 1.807) is 0 Å². The van der Waals surface area contributed by atoms with Crippen molar-refractivity contribution in [2.75, 3.05) is 0 Å². The highest BCUT2D eigenvalue weighted by molar-refractivity contribution is 9.15. The molecule has 0 unspecified atom stereocenters. The molecule has 0 fully saturated rings. The van der Waals surface area contributed by atoms with Crippen molar-refractivity contribution in [3.05, 3.63) is 59.9 Å². The second kappa shape index (κ2) is 6.46. The van der Waals surface area contributed by atoms with Crippen LogP contribution >= 0.6 is 63.7 Å². The Morgan fingerprint density at radius 3 is 2.17 bits per heavy atom. The predicted octanol–water partition coefficient (Wildman–Crippen LogP) is 6.49. The summed E-state index contributed by atoms with van der Waals surface area (Å²) in [4.78, 5) is 4.49. The van der Waals surface area contributed by atoms with Crippen LogP contribution in [0.4, 0.5) is 5.69 Å². The lowest BCUT2D eigenvalue weighted by molar-refractivity contribution is 1.42. The van der Waals surface area contributed by atoms with Crippen LogP contribution in [0.3, 0.4) is 0 Å². The van der Waals surface area contributed by atoms with Gasteiger partial charge in [0.05, 0.1) is 10.2 Å². The van der Waals surface area contributed by atoms with Gasteiger partial charge in [0, 0.05) is 19.6 Å². The fourth-order valence-corrected chi connectivity index (χ4v) is 3.43. The molecular weight excluding hydrogens is 490 g/mol. The summed E-state index contributed by atoms with van der Waals surface area (Å²) in [5.74, 6) is 0. The van der Waals surface area contributed by atoms with Gasteiger partial charge in [-0.05, 0) is 75.3 Å². The van der Waals surface area contributed by atoms with E-state index < -0.39 is 0 Å². The Morgan fingerprint density at radius 2 is 1.50 bits per heavy atom. The standard InChI is InChI=1S/C13H7Br4N/c14-9-6-10(12(16)13(17)11(9)15)18-7-8-4-2-1-3-5-8/h1-7H. The lowest BCUT2D eigenvalue weighted by Gasteiger charge is -2.06. The maximum absolute atomic E-state index is 4.49. The van der Waals surface area contributed by atoms with Crippen molar-refractivity contribution in [3.8, 4) is 0 Å². The second-order valence-corrected chi connectivity index (χ2v) is 6.72. The first-order valence-corrected chi connectivity index (χ1v) is 8.19. The number of halogens is 4. The molecule has 0 heterocycles. The van der Waals surface area contributed by atoms with E-state index in [2.05, 4.69) is 68.7 Å². The summed E-state index contributed by atoms with van der Waals surface area (Å²) >= 11 is 14.0. The number of benzene rings is 2. The number of aliphatic imine (C=N–C) groups is 1. The molecule has 0 saturated heterocycles. The van der Waals surface area contributed by atoms with E-state index in [4.69, 9.17) is 0 Å². The summed E-state index contributed by atoms with van der Waals surface area (Å²) in [6.07, 6.45) is 1.84. The quantitative estimate of drug-likeness (QED) is 0.256. The van der Waals surface area contributed by atoms with Crippen LogP contribution in [0.25, 0.3) is 0 Å². The highest BCUT2D eigenvalue weighted by Crippen LogP contribution is 2.42. The van der Waals surface area contributed by atoms with Crippen molar-refractivity contribution in [1.29, 1.82) is 0 Å². The Morgan fingerprint density at radius 1 is 0.833 bits per heavy atom. The second-order valence-electron chi connectivity index (χ2n) is 3.49. The lowest BCUT2D eigenvalue weighted by Crippen LogP contribution is -1.81. The van der Waals surface area contributed by atoms with Gasteiger partial charge < -0.3 is 0 Å². The van der Waals surface area contributed by atoms with Gasteiger partial charge in [0.1, 0.15) is 0 Å². The summed E-state index contributed by atoms with van der Waals surface area (Å²) in [7, 11) is 0. The topological polar surface area (TPSA) is 12.4 Å². The summed E-state index contributed by atoms with van der Waals surface area (Å²) in [5, 5.41) is 0. The zero-order chi connectivity index (χ0) is 13.1. The molecule has 0 bridgehead atoms. The molecule has 0 aromatic heterocycles. The molecule has 18 heavy (non-hydrogen) atoms. The van der Waals surface area contributed by atoms with E-state index in [-0.39, 0.29) is 0 Å². The predicted molar refractivity (Wildman–Crippen MR) is 90.9 cm³/mol. The van der Waals surface area contributed by atoms with Gasteiger partial charge in [-0.1, -0.05) is 30.3 Å². The molecule has 5 heteroatoms. The van der Waals surface area contributed by atoms with E-state index in [0.29, 0.717) is 0 Å². The van der Waals surface area contributed by atoms with Crippen LogP contribution in [-0.4, -0.2) is 6.21 Å². The van der Waals surface area contributed by atoms with E-state index in [1.165, 1.54) is 0 Å². The van der Waals surface area contributed by atoms with Crippen LogP contribution in [0.1, 0.15) is 5.56 Å². The minimum Gasteiger partial charge on any atom is -0.255 e. The van der Waals surface area contributed by atoms with Gasteiger partial charge >= 0.3 is 0 Å². The summed E-state index contributed by atoms with van der Waals surface area (Å²) in [5.41, 5.74) is 1.93. The fourth-order valence-electron chi connectivity index (χ4n) is 1.34. The van der Waals surface area contributed by atoms with E-state index in [0.717, 1.165) is 29.1 Å². The Balaban J connectivity index is 2.39. The van der Waals surface area contributed by atoms with Gasteiger partial charge in [-0.2, -0.15) is 0 Å². The number of nitrogens with zero attached hydrogens (tertiary/aromatic N) is 1. The van der Waals surface area contributed by atoms with Crippen LogP contribution in [-0.2, 0) is 0 Å². The molecule has 0 amide bonds. The number of rotatable bonds is 2. The molecule has 0 aliphatic carbocycles. The number of hydrogen-bond donors (Lipinski definition) is 0. The molecule has 0 N–H and O–H groups in total.